The predicted molar refractivity (Wildman–Crippen MR) is 90.8 cm³/mol. The van der Waals surface area contributed by atoms with Crippen LogP contribution in [0.25, 0.3) is 5.69 Å². The highest BCUT2D eigenvalue weighted by atomic mass is 35.5. The zero-order chi connectivity index (χ0) is 16.5. The molecule has 1 aromatic carbocycles. The minimum Gasteiger partial charge on any atom is -0.308 e. The van der Waals surface area contributed by atoms with Gasteiger partial charge in [-0.3, -0.25) is 0 Å². The minimum absolute atomic E-state index is 0.0881. The second-order valence-corrected chi connectivity index (χ2v) is 7.08. The number of benzene rings is 1. The molecule has 0 atom stereocenters. The van der Waals surface area contributed by atoms with Crippen molar-refractivity contribution in [2.75, 3.05) is 13.1 Å². The molecule has 7 heteroatoms. The van der Waals surface area contributed by atoms with Crippen LogP contribution in [-0.4, -0.2) is 45.1 Å². The molecular formula is C17H21ClFN5. The van der Waals surface area contributed by atoms with Gasteiger partial charge in [0.05, 0.1) is 22.6 Å². The van der Waals surface area contributed by atoms with Gasteiger partial charge in [0.15, 0.2) is 0 Å². The van der Waals surface area contributed by atoms with Gasteiger partial charge in [-0.2, -0.15) is 0 Å². The molecule has 1 saturated heterocycles. The van der Waals surface area contributed by atoms with Crippen molar-refractivity contribution >= 4 is 11.6 Å². The molecule has 0 amide bonds. The SMILES string of the molecule is Fc1ccc(-n2cc(CNC3CCN(C4CC4)CC3)nn2)cc1Cl. The standard InChI is InChI=1S/C17H21ClFN5/c18-16-9-15(3-4-17(16)19)24-11-13(21-22-24)10-20-12-5-7-23(8-6-12)14-1-2-14/h3-4,9,11-12,14,20H,1-2,5-8,10H2. The van der Waals surface area contributed by atoms with Gasteiger partial charge in [0.1, 0.15) is 5.82 Å². The Morgan fingerprint density at radius 2 is 2.00 bits per heavy atom. The quantitative estimate of drug-likeness (QED) is 0.901. The Kier molecular flexibility index (Phi) is 4.52. The van der Waals surface area contributed by atoms with Crippen molar-refractivity contribution < 1.29 is 4.39 Å². The number of hydrogen-bond donors (Lipinski definition) is 1. The number of aromatic nitrogens is 3. The number of likely N-dealkylation sites (tertiary alicyclic amines) is 1. The highest BCUT2D eigenvalue weighted by molar-refractivity contribution is 6.30. The molecule has 4 rings (SSSR count). The molecule has 2 fully saturated rings. The number of hydrogen-bond acceptors (Lipinski definition) is 4. The largest absolute Gasteiger partial charge is 0.308 e. The van der Waals surface area contributed by atoms with E-state index in [4.69, 9.17) is 11.6 Å². The summed E-state index contributed by atoms with van der Waals surface area (Å²) in [6.45, 7) is 3.09. The number of nitrogens with one attached hydrogen (secondary N) is 1. The van der Waals surface area contributed by atoms with E-state index in [0.29, 0.717) is 18.3 Å². The highest BCUT2D eigenvalue weighted by Crippen LogP contribution is 2.29. The van der Waals surface area contributed by atoms with Gasteiger partial charge >= 0.3 is 0 Å². The van der Waals surface area contributed by atoms with E-state index in [0.717, 1.165) is 11.7 Å². The molecule has 1 N–H and O–H groups in total. The number of halogens is 2. The van der Waals surface area contributed by atoms with Crippen LogP contribution in [0.5, 0.6) is 0 Å². The van der Waals surface area contributed by atoms with Crippen molar-refractivity contribution in [3.63, 3.8) is 0 Å². The van der Waals surface area contributed by atoms with Crippen molar-refractivity contribution in [2.45, 2.75) is 44.3 Å². The number of nitrogens with zero attached hydrogens (tertiary/aromatic N) is 4. The third-order valence-corrected chi connectivity index (χ3v) is 5.16. The molecule has 24 heavy (non-hydrogen) atoms. The zero-order valence-electron chi connectivity index (χ0n) is 13.5. The van der Waals surface area contributed by atoms with Gasteiger partial charge in [-0.1, -0.05) is 16.8 Å². The molecule has 2 heterocycles. The van der Waals surface area contributed by atoms with Crippen LogP contribution in [-0.2, 0) is 6.54 Å². The third-order valence-electron chi connectivity index (χ3n) is 4.87. The average Bonchev–Trinajstić information content (AvgIpc) is 3.34. The van der Waals surface area contributed by atoms with Crippen LogP contribution in [0.2, 0.25) is 5.02 Å². The number of piperidine rings is 1. The Labute approximate surface area is 145 Å². The second kappa shape index (κ2) is 6.78. The van der Waals surface area contributed by atoms with Gasteiger partial charge in [0.25, 0.3) is 0 Å². The maximum atomic E-state index is 13.2. The van der Waals surface area contributed by atoms with E-state index in [9.17, 15) is 4.39 Å². The van der Waals surface area contributed by atoms with E-state index in [1.165, 1.54) is 44.8 Å². The molecule has 1 aliphatic carbocycles. The monoisotopic (exact) mass is 349 g/mol. The third kappa shape index (κ3) is 3.61. The van der Waals surface area contributed by atoms with Crippen molar-refractivity contribution in [1.29, 1.82) is 0 Å². The van der Waals surface area contributed by atoms with Crippen LogP contribution >= 0.6 is 11.6 Å². The van der Waals surface area contributed by atoms with Crippen LogP contribution < -0.4 is 5.32 Å². The van der Waals surface area contributed by atoms with Crippen LogP contribution in [0.4, 0.5) is 4.39 Å². The van der Waals surface area contributed by atoms with Crippen molar-refractivity contribution in [3.05, 3.63) is 40.9 Å². The Morgan fingerprint density at radius 3 is 2.71 bits per heavy atom. The first-order valence-electron chi connectivity index (χ1n) is 8.53. The van der Waals surface area contributed by atoms with Gasteiger partial charge < -0.3 is 10.2 Å². The summed E-state index contributed by atoms with van der Waals surface area (Å²) in [6.07, 6.45) is 7.01. The van der Waals surface area contributed by atoms with Crippen LogP contribution in [0.15, 0.2) is 24.4 Å². The number of rotatable bonds is 5. The first-order chi connectivity index (χ1) is 11.7. The van der Waals surface area contributed by atoms with Gasteiger partial charge in [0, 0.05) is 18.6 Å². The fraction of sp³-hybridized carbons (Fsp3) is 0.529. The fourth-order valence-corrected chi connectivity index (χ4v) is 3.47. The smallest absolute Gasteiger partial charge is 0.141 e. The molecule has 0 radical (unpaired) electrons. The van der Waals surface area contributed by atoms with E-state index < -0.39 is 5.82 Å². The summed E-state index contributed by atoms with van der Waals surface area (Å²) in [4.78, 5) is 2.62. The molecule has 128 valence electrons. The Balaban J connectivity index is 1.31. The molecule has 0 spiro atoms. The maximum absolute atomic E-state index is 13.2. The van der Waals surface area contributed by atoms with E-state index in [1.54, 1.807) is 16.8 Å². The van der Waals surface area contributed by atoms with Crippen LogP contribution in [0.3, 0.4) is 0 Å². The molecule has 0 unspecified atom stereocenters. The summed E-state index contributed by atoms with van der Waals surface area (Å²) >= 11 is 5.82. The summed E-state index contributed by atoms with van der Waals surface area (Å²) in [5.41, 5.74) is 1.58. The van der Waals surface area contributed by atoms with Crippen molar-refractivity contribution in [1.82, 2.24) is 25.2 Å². The predicted octanol–water partition coefficient (Wildman–Crippen LogP) is 2.78. The lowest BCUT2D eigenvalue weighted by atomic mass is 10.0. The molecule has 2 aliphatic rings. The zero-order valence-corrected chi connectivity index (χ0v) is 14.2. The van der Waals surface area contributed by atoms with Gasteiger partial charge in [-0.05, 0) is 57.0 Å². The summed E-state index contributed by atoms with van der Waals surface area (Å²) in [5.74, 6) is -0.431. The van der Waals surface area contributed by atoms with Crippen molar-refractivity contribution in [2.24, 2.45) is 0 Å². The van der Waals surface area contributed by atoms with Crippen molar-refractivity contribution in [3.8, 4) is 5.69 Å². The van der Waals surface area contributed by atoms with E-state index >= 15 is 0 Å². The van der Waals surface area contributed by atoms with E-state index in [-0.39, 0.29) is 5.02 Å². The Hall–Kier alpha value is -1.50. The fourth-order valence-electron chi connectivity index (χ4n) is 3.29. The molecule has 5 nitrogen and oxygen atoms in total. The lowest BCUT2D eigenvalue weighted by molar-refractivity contribution is 0.189. The lowest BCUT2D eigenvalue weighted by Crippen LogP contribution is -2.43. The average molecular weight is 350 g/mol. The van der Waals surface area contributed by atoms with E-state index in [2.05, 4.69) is 20.5 Å². The van der Waals surface area contributed by atoms with Crippen LogP contribution in [0, 0.1) is 5.82 Å². The molecule has 1 saturated carbocycles. The molecular weight excluding hydrogens is 329 g/mol. The summed E-state index contributed by atoms with van der Waals surface area (Å²) in [7, 11) is 0. The van der Waals surface area contributed by atoms with E-state index in [1.807, 2.05) is 6.20 Å². The first kappa shape index (κ1) is 16.0. The summed E-state index contributed by atoms with van der Waals surface area (Å²) < 4.78 is 14.9. The Bertz CT molecular complexity index is 707. The summed E-state index contributed by atoms with van der Waals surface area (Å²) in [5, 5.41) is 11.9. The Morgan fingerprint density at radius 1 is 1.21 bits per heavy atom. The van der Waals surface area contributed by atoms with Gasteiger partial charge in [0.2, 0.25) is 0 Å². The maximum Gasteiger partial charge on any atom is 0.141 e. The molecule has 1 aromatic heterocycles. The molecule has 1 aliphatic heterocycles. The second-order valence-electron chi connectivity index (χ2n) is 6.68. The molecule has 2 aromatic rings. The minimum atomic E-state index is -0.431. The lowest BCUT2D eigenvalue weighted by Gasteiger charge is -2.32. The molecule has 0 bridgehead atoms. The van der Waals surface area contributed by atoms with Crippen LogP contribution in [0.1, 0.15) is 31.4 Å². The van der Waals surface area contributed by atoms with Gasteiger partial charge in [-0.25, -0.2) is 9.07 Å². The van der Waals surface area contributed by atoms with Gasteiger partial charge in [-0.15, -0.1) is 5.10 Å². The normalized spacial score (nSPS) is 19.8. The summed E-state index contributed by atoms with van der Waals surface area (Å²) in [6, 6.07) is 5.95. The highest BCUT2D eigenvalue weighted by Gasteiger charge is 2.31. The first-order valence-corrected chi connectivity index (χ1v) is 8.91. The topological polar surface area (TPSA) is 46.0 Å².